The third-order valence-corrected chi connectivity index (χ3v) is 7.23. The van der Waals surface area contributed by atoms with Gasteiger partial charge in [-0.1, -0.05) is 41.4 Å². The first-order chi connectivity index (χ1) is 16.2. The summed E-state index contributed by atoms with van der Waals surface area (Å²) in [5.74, 6) is 0.281. The third-order valence-electron chi connectivity index (χ3n) is 5.20. The molecule has 0 unspecified atom stereocenters. The lowest BCUT2D eigenvalue weighted by molar-refractivity contribution is -0.119. The summed E-state index contributed by atoms with van der Waals surface area (Å²) in [4.78, 5) is 12.9. The van der Waals surface area contributed by atoms with Gasteiger partial charge in [-0.3, -0.25) is 9.10 Å². The van der Waals surface area contributed by atoms with Gasteiger partial charge in [-0.25, -0.2) is 8.42 Å². The van der Waals surface area contributed by atoms with Crippen LogP contribution in [0, 0.1) is 6.92 Å². The molecule has 7 nitrogen and oxygen atoms in total. The van der Waals surface area contributed by atoms with Crippen LogP contribution in [0.4, 0.5) is 5.69 Å². The van der Waals surface area contributed by atoms with E-state index in [1.807, 2.05) is 19.1 Å². The molecule has 0 spiro atoms. The van der Waals surface area contributed by atoms with E-state index in [1.54, 1.807) is 36.4 Å². The van der Waals surface area contributed by atoms with Crippen molar-refractivity contribution in [2.24, 2.45) is 0 Å². The maximum Gasteiger partial charge on any atom is 0.264 e. The van der Waals surface area contributed by atoms with Gasteiger partial charge in [0.05, 0.1) is 24.8 Å². The van der Waals surface area contributed by atoms with Gasteiger partial charge in [0.15, 0.2) is 0 Å². The van der Waals surface area contributed by atoms with Crippen LogP contribution in [0.1, 0.15) is 11.1 Å². The van der Waals surface area contributed by atoms with E-state index in [9.17, 15) is 13.2 Å². The van der Waals surface area contributed by atoms with Gasteiger partial charge in [-0.2, -0.15) is 0 Å². The second-order valence-corrected chi connectivity index (χ2v) is 9.89. The van der Waals surface area contributed by atoms with Crippen molar-refractivity contribution in [3.63, 3.8) is 0 Å². The quantitative estimate of drug-likeness (QED) is 0.448. The van der Waals surface area contributed by atoms with E-state index < -0.39 is 22.5 Å². The number of sulfonamides is 1. The molecule has 0 aliphatic carbocycles. The van der Waals surface area contributed by atoms with E-state index in [0.29, 0.717) is 29.5 Å². The molecule has 0 fully saturated rings. The van der Waals surface area contributed by atoms with Crippen LogP contribution in [0.3, 0.4) is 0 Å². The third kappa shape index (κ3) is 6.21. The Morgan fingerprint density at radius 2 is 1.65 bits per heavy atom. The lowest BCUT2D eigenvalue weighted by Gasteiger charge is -2.26. The van der Waals surface area contributed by atoms with E-state index in [-0.39, 0.29) is 10.6 Å². The fourth-order valence-electron chi connectivity index (χ4n) is 3.31. The molecule has 3 rings (SSSR count). The number of carbonyl (C=O) groups is 1. The van der Waals surface area contributed by atoms with Crippen LogP contribution >= 0.6 is 11.6 Å². The Labute approximate surface area is 205 Å². The zero-order valence-electron chi connectivity index (χ0n) is 19.2. The Kier molecular flexibility index (Phi) is 8.41. The zero-order chi connectivity index (χ0) is 24.7. The molecule has 0 bridgehead atoms. The van der Waals surface area contributed by atoms with Crippen molar-refractivity contribution in [2.45, 2.75) is 18.2 Å². The summed E-state index contributed by atoms with van der Waals surface area (Å²) in [5.41, 5.74) is 2.13. The number of ether oxygens (including phenoxy) is 2. The summed E-state index contributed by atoms with van der Waals surface area (Å²) in [7, 11) is -1.16. The SMILES string of the molecule is COc1ccc(OC)c(N(CC(=O)NCCc2ccc(Cl)cc2)S(=O)(=O)c2ccc(C)cc2)c1. The summed E-state index contributed by atoms with van der Waals surface area (Å²) >= 11 is 5.91. The second kappa shape index (κ2) is 11.3. The Morgan fingerprint density at radius 3 is 2.26 bits per heavy atom. The average molecular weight is 503 g/mol. The minimum Gasteiger partial charge on any atom is -0.497 e. The molecule has 1 amide bonds. The fraction of sp³-hybridized carbons (Fsp3) is 0.240. The topological polar surface area (TPSA) is 84.9 Å². The number of anilines is 1. The van der Waals surface area contributed by atoms with Crippen molar-refractivity contribution in [1.29, 1.82) is 0 Å². The van der Waals surface area contributed by atoms with E-state index in [4.69, 9.17) is 21.1 Å². The van der Waals surface area contributed by atoms with Crippen LogP contribution in [-0.4, -0.2) is 41.6 Å². The Hall–Kier alpha value is -3.23. The molecule has 0 aliphatic heterocycles. The van der Waals surface area contributed by atoms with Crippen molar-refractivity contribution < 1.29 is 22.7 Å². The predicted molar refractivity (Wildman–Crippen MR) is 133 cm³/mol. The van der Waals surface area contributed by atoms with Crippen molar-refractivity contribution in [3.8, 4) is 11.5 Å². The lowest BCUT2D eigenvalue weighted by Crippen LogP contribution is -2.41. The zero-order valence-corrected chi connectivity index (χ0v) is 20.8. The van der Waals surface area contributed by atoms with Gasteiger partial charge >= 0.3 is 0 Å². The van der Waals surface area contributed by atoms with E-state index in [2.05, 4.69) is 5.32 Å². The molecule has 1 N–H and O–H groups in total. The molecule has 0 aliphatic rings. The van der Waals surface area contributed by atoms with Crippen molar-refractivity contribution in [2.75, 3.05) is 31.6 Å². The predicted octanol–water partition coefficient (Wildman–Crippen LogP) is 4.22. The van der Waals surface area contributed by atoms with Gasteiger partial charge < -0.3 is 14.8 Å². The molecule has 9 heteroatoms. The Balaban J connectivity index is 1.88. The highest BCUT2D eigenvalue weighted by Crippen LogP contribution is 2.35. The molecule has 0 atom stereocenters. The van der Waals surface area contributed by atoms with Crippen LogP contribution in [0.5, 0.6) is 11.5 Å². The smallest absolute Gasteiger partial charge is 0.264 e. The number of rotatable bonds is 10. The maximum atomic E-state index is 13.6. The largest absolute Gasteiger partial charge is 0.497 e. The Morgan fingerprint density at radius 1 is 0.971 bits per heavy atom. The molecule has 0 saturated heterocycles. The van der Waals surface area contributed by atoms with E-state index in [0.717, 1.165) is 15.4 Å². The standard InChI is InChI=1S/C25H27ClN2O5S/c1-18-4-11-22(12-5-18)34(30,31)28(23-16-21(32-2)10-13-24(23)33-3)17-25(29)27-15-14-19-6-8-20(26)9-7-19/h4-13,16H,14-15,17H2,1-3H3,(H,27,29). The van der Waals surface area contributed by atoms with Crippen LogP contribution in [0.25, 0.3) is 0 Å². The minimum absolute atomic E-state index is 0.0666. The monoisotopic (exact) mass is 502 g/mol. The van der Waals surface area contributed by atoms with Crippen molar-refractivity contribution >= 4 is 33.2 Å². The number of halogens is 1. The number of nitrogens with one attached hydrogen (secondary N) is 1. The van der Waals surface area contributed by atoms with Crippen molar-refractivity contribution in [1.82, 2.24) is 5.32 Å². The highest BCUT2D eigenvalue weighted by molar-refractivity contribution is 7.92. The van der Waals surface area contributed by atoms with Gasteiger partial charge in [0.1, 0.15) is 18.0 Å². The summed E-state index contributed by atoms with van der Waals surface area (Å²) in [5, 5.41) is 3.43. The molecule has 0 radical (unpaired) electrons. The summed E-state index contributed by atoms with van der Waals surface area (Å²) in [6.07, 6.45) is 0.579. The van der Waals surface area contributed by atoms with Crippen LogP contribution < -0.4 is 19.1 Å². The first-order valence-electron chi connectivity index (χ1n) is 10.6. The average Bonchev–Trinajstić information content (AvgIpc) is 2.83. The Bertz CT molecular complexity index is 1230. The van der Waals surface area contributed by atoms with Gasteiger partial charge in [-0.15, -0.1) is 0 Å². The summed E-state index contributed by atoms with van der Waals surface area (Å²) in [6, 6.07) is 18.6. The minimum atomic E-state index is -4.08. The summed E-state index contributed by atoms with van der Waals surface area (Å²) < 4.78 is 38.9. The second-order valence-electron chi connectivity index (χ2n) is 7.59. The number of nitrogens with zero attached hydrogens (tertiary/aromatic N) is 1. The molecule has 3 aromatic rings. The molecule has 180 valence electrons. The molecule has 34 heavy (non-hydrogen) atoms. The van der Waals surface area contributed by atoms with Crippen LogP contribution in [-0.2, 0) is 21.2 Å². The molecule has 3 aromatic carbocycles. The number of carbonyl (C=O) groups excluding carboxylic acids is 1. The van der Waals surface area contributed by atoms with Crippen LogP contribution in [0.2, 0.25) is 5.02 Å². The molecule has 0 saturated carbocycles. The highest BCUT2D eigenvalue weighted by atomic mass is 35.5. The number of hydrogen-bond acceptors (Lipinski definition) is 5. The maximum absolute atomic E-state index is 13.6. The lowest BCUT2D eigenvalue weighted by atomic mass is 10.1. The normalized spacial score (nSPS) is 11.1. The number of benzene rings is 3. The van der Waals surface area contributed by atoms with Crippen LogP contribution in [0.15, 0.2) is 71.6 Å². The van der Waals surface area contributed by atoms with Gasteiger partial charge in [0.25, 0.3) is 10.0 Å². The first-order valence-corrected chi connectivity index (χ1v) is 12.4. The number of aryl methyl sites for hydroxylation is 1. The molecule has 0 heterocycles. The van der Waals surface area contributed by atoms with Gasteiger partial charge in [0.2, 0.25) is 5.91 Å². The highest BCUT2D eigenvalue weighted by Gasteiger charge is 2.30. The summed E-state index contributed by atoms with van der Waals surface area (Å²) in [6.45, 7) is 1.78. The van der Waals surface area contributed by atoms with Gasteiger partial charge in [0, 0.05) is 17.6 Å². The van der Waals surface area contributed by atoms with E-state index >= 15 is 0 Å². The number of hydrogen-bond donors (Lipinski definition) is 1. The molecular weight excluding hydrogens is 476 g/mol. The first kappa shape index (κ1) is 25.4. The molecule has 0 aromatic heterocycles. The number of methoxy groups -OCH3 is 2. The van der Waals surface area contributed by atoms with E-state index in [1.165, 1.54) is 32.4 Å². The molecular formula is C25H27ClN2O5S. The van der Waals surface area contributed by atoms with Gasteiger partial charge in [-0.05, 0) is 55.3 Å². The number of amides is 1. The fourth-order valence-corrected chi connectivity index (χ4v) is 4.86. The van der Waals surface area contributed by atoms with Crippen molar-refractivity contribution in [3.05, 3.63) is 82.9 Å².